The first kappa shape index (κ1) is 10.8. The van der Waals surface area contributed by atoms with Crippen molar-refractivity contribution in [3.05, 3.63) is 40.1 Å². The third-order valence-corrected chi connectivity index (χ3v) is 2.92. The van der Waals surface area contributed by atoms with Crippen molar-refractivity contribution in [1.29, 1.82) is 0 Å². The van der Waals surface area contributed by atoms with Crippen LogP contribution >= 0.6 is 27.5 Å². The first-order valence-corrected chi connectivity index (χ1v) is 5.96. The number of furan rings is 1. The van der Waals surface area contributed by atoms with E-state index in [1.807, 2.05) is 37.3 Å². The smallest absolute Gasteiger partial charge is 0.136 e. The van der Waals surface area contributed by atoms with Crippen molar-refractivity contribution in [1.82, 2.24) is 0 Å². The molecule has 2 rings (SSSR count). The van der Waals surface area contributed by atoms with Crippen LogP contribution in [0.5, 0.6) is 0 Å². The maximum atomic E-state index is 5.65. The van der Waals surface area contributed by atoms with E-state index in [-0.39, 0.29) is 0 Å². The average molecular weight is 286 g/mol. The van der Waals surface area contributed by atoms with Crippen LogP contribution in [0.3, 0.4) is 0 Å². The summed E-state index contributed by atoms with van der Waals surface area (Å²) in [5.41, 5.74) is 2.01. The maximum Gasteiger partial charge on any atom is 0.136 e. The molecule has 0 saturated carbocycles. The lowest BCUT2D eigenvalue weighted by Crippen LogP contribution is -1.73. The van der Waals surface area contributed by atoms with Crippen LogP contribution in [-0.2, 0) is 0 Å². The van der Waals surface area contributed by atoms with Gasteiger partial charge in [-0.05, 0) is 25.1 Å². The van der Waals surface area contributed by atoms with Gasteiger partial charge in [0.2, 0.25) is 0 Å². The molecule has 15 heavy (non-hydrogen) atoms. The van der Waals surface area contributed by atoms with Crippen molar-refractivity contribution >= 4 is 44.6 Å². The summed E-state index contributed by atoms with van der Waals surface area (Å²) in [5, 5.41) is 1.12. The first-order valence-electron chi connectivity index (χ1n) is 4.63. The van der Waals surface area contributed by atoms with Crippen LogP contribution in [0.4, 0.5) is 0 Å². The van der Waals surface area contributed by atoms with E-state index in [0.717, 1.165) is 26.8 Å². The van der Waals surface area contributed by atoms with Crippen LogP contribution in [0, 0.1) is 6.92 Å². The molecule has 0 aliphatic carbocycles. The van der Waals surface area contributed by atoms with E-state index in [1.165, 1.54) is 0 Å². The summed E-state index contributed by atoms with van der Waals surface area (Å²) in [6.45, 7) is 1.96. The Bertz CT molecular complexity index is 514. The molecule has 1 nitrogen and oxygen atoms in total. The molecule has 0 bridgehead atoms. The number of rotatable bonds is 2. The summed E-state index contributed by atoms with van der Waals surface area (Å²) in [6.07, 6.45) is 3.92. The molecule has 0 spiro atoms. The second-order valence-corrected chi connectivity index (χ2v) is 4.49. The van der Waals surface area contributed by atoms with Gasteiger partial charge in [-0.2, -0.15) is 0 Å². The molecule has 3 heteroatoms. The third-order valence-electron chi connectivity index (χ3n) is 2.25. The molecule has 1 aromatic carbocycles. The van der Waals surface area contributed by atoms with E-state index in [4.69, 9.17) is 16.0 Å². The van der Waals surface area contributed by atoms with Crippen molar-refractivity contribution < 1.29 is 4.42 Å². The lowest BCUT2D eigenvalue weighted by Gasteiger charge is -1.91. The first-order chi connectivity index (χ1) is 7.22. The summed E-state index contributed by atoms with van der Waals surface area (Å²) in [6, 6.07) is 6.03. The van der Waals surface area contributed by atoms with E-state index >= 15 is 0 Å². The molecule has 0 saturated heterocycles. The zero-order valence-corrected chi connectivity index (χ0v) is 10.6. The summed E-state index contributed by atoms with van der Waals surface area (Å²) in [4.78, 5) is 0. The monoisotopic (exact) mass is 284 g/mol. The molecule has 0 radical (unpaired) electrons. The molecule has 0 fully saturated rings. The predicted octanol–water partition coefficient (Wildman–Crippen LogP) is 4.76. The summed E-state index contributed by atoms with van der Waals surface area (Å²) in [7, 11) is 0. The maximum absolute atomic E-state index is 5.65. The molecule has 0 aliphatic heterocycles. The lowest BCUT2D eigenvalue weighted by atomic mass is 10.1. The van der Waals surface area contributed by atoms with Crippen molar-refractivity contribution in [2.75, 3.05) is 5.88 Å². The second kappa shape index (κ2) is 4.42. The number of hydrogen-bond donors (Lipinski definition) is 0. The third kappa shape index (κ3) is 2.11. The molecule has 0 aliphatic rings. The normalized spacial score (nSPS) is 11.7. The summed E-state index contributed by atoms with van der Waals surface area (Å²) < 4.78 is 6.68. The van der Waals surface area contributed by atoms with Crippen LogP contribution in [0.2, 0.25) is 0 Å². The molecule has 0 atom stereocenters. The SMILES string of the molecule is Cc1oc2cc(Br)ccc2c1/C=C\CCl. The fraction of sp³-hybridized carbons (Fsp3) is 0.167. The highest BCUT2D eigenvalue weighted by Crippen LogP contribution is 2.28. The Labute approximate surface area is 102 Å². The highest BCUT2D eigenvalue weighted by molar-refractivity contribution is 9.10. The molecule has 78 valence electrons. The number of allylic oxidation sites excluding steroid dienone is 1. The molecular weight excluding hydrogens is 275 g/mol. The Hall–Kier alpha value is -0.730. The minimum absolute atomic E-state index is 0.517. The van der Waals surface area contributed by atoms with Crippen LogP contribution in [0.25, 0.3) is 17.0 Å². The molecule has 1 heterocycles. The van der Waals surface area contributed by atoms with Gasteiger partial charge < -0.3 is 4.42 Å². The minimum atomic E-state index is 0.517. The summed E-state index contributed by atoms with van der Waals surface area (Å²) in [5.74, 6) is 1.44. The van der Waals surface area contributed by atoms with Gasteiger partial charge in [0.05, 0.1) is 0 Å². The molecule has 0 unspecified atom stereocenters. The molecule has 0 N–H and O–H groups in total. The van der Waals surface area contributed by atoms with Crippen molar-refractivity contribution in [3.8, 4) is 0 Å². The van der Waals surface area contributed by atoms with Crippen LogP contribution < -0.4 is 0 Å². The molecule has 0 amide bonds. The van der Waals surface area contributed by atoms with Gasteiger partial charge in [0.1, 0.15) is 11.3 Å². The average Bonchev–Trinajstić information content (AvgIpc) is 2.50. The lowest BCUT2D eigenvalue weighted by molar-refractivity contribution is 0.577. The Morgan fingerprint density at radius 2 is 2.27 bits per heavy atom. The van der Waals surface area contributed by atoms with Crippen LogP contribution in [-0.4, -0.2) is 5.88 Å². The number of aryl methyl sites for hydroxylation is 1. The number of hydrogen-bond acceptors (Lipinski definition) is 1. The van der Waals surface area contributed by atoms with Gasteiger partial charge in [-0.25, -0.2) is 0 Å². The number of halogens is 2. The topological polar surface area (TPSA) is 13.1 Å². The van der Waals surface area contributed by atoms with E-state index in [1.54, 1.807) is 0 Å². The fourth-order valence-electron chi connectivity index (χ4n) is 1.58. The minimum Gasteiger partial charge on any atom is -0.461 e. The Balaban J connectivity index is 2.63. The molecule has 2 aromatic rings. The second-order valence-electron chi connectivity index (χ2n) is 3.27. The van der Waals surface area contributed by atoms with Crippen molar-refractivity contribution in [2.45, 2.75) is 6.92 Å². The summed E-state index contributed by atoms with van der Waals surface area (Å²) >= 11 is 9.04. The van der Waals surface area contributed by atoms with Gasteiger partial charge in [0, 0.05) is 21.3 Å². The Morgan fingerprint density at radius 3 is 3.00 bits per heavy atom. The highest BCUT2D eigenvalue weighted by Gasteiger charge is 2.07. The quantitative estimate of drug-likeness (QED) is 0.725. The standard InChI is InChI=1S/C12H10BrClO/c1-8-10(3-2-6-14)11-5-4-9(13)7-12(11)15-8/h2-5,7H,6H2,1H3/b3-2-. The van der Waals surface area contributed by atoms with E-state index in [2.05, 4.69) is 15.9 Å². The van der Waals surface area contributed by atoms with Crippen LogP contribution in [0.15, 0.2) is 33.2 Å². The van der Waals surface area contributed by atoms with Gasteiger partial charge >= 0.3 is 0 Å². The zero-order valence-electron chi connectivity index (χ0n) is 8.26. The van der Waals surface area contributed by atoms with Gasteiger partial charge in [-0.15, -0.1) is 11.6 Å². The van der Waals surface area contributed by atoms with Gasteiger partial charge in [-0.3, -0.25) is 0 Å². The zero-order chi connectivity index (χ0) is 10.8. The number of fused-ring (bicyclic) bond motifs is 1. The van der Waals surface area contributed by atoms with Crippen molar-refractivity contribution in [3.63, 3.8) is 0 Å². The largest absolute Gasteiger partial charge is 0.461 e. The Morgan fingerprint density at radius 1 is 1.47 bits per heavy atom. The van der Waals surface area contributed by atoms with Gasteiger partial charge in [-0.1, -0.05) is 28.1 Å². The van der Waals surface area contributed by atoms with Gasteiger partial charge in [0.25, 0.3) is 0 Å². The van der Waals surface area contributed by atoms with Crippen LogP contribution in [0.1, 0.15) is 11.3 Å². The van der Waals surface area contributed by atoms with E-state index < -0.39 is 0 Å². The predicted molar refractivity (Wildman–Crippen MR) is 68.4 cm³/mol. The van der Waals surface area contributed by atoms with E-state index in [0.29, 0.717) is 5.88 Å². The van der Waals surface area contributed by atoms with E-state index in [9.17, 15) is 0 Å². The molecular formula is C12H10BrClO. The molecule has 1 aromatic heterocycles. The van der Waals surface area contributed by atoms with Gasteiger partial charge in [0.15, 0.2) is 0 Å². The van der Waals surface area contributed by atoms with Crippen molar-refractivity contribution in [2.24, 2.45) is 0 Å². The fourth-order valence-corrected chi connectivity index (χ4v) is 2.01. The number of alkyl halides is 1. The Kier molecular flexibility index (Phi) is 3.17. The highest BCUT2D eigenvalue weighted by atomic mass is 79.9. The number of benzene rings is 1.